The fourth-order valence-corrected chi connectivity index (χ4v) is 3.46. The van der Waals surface area contributed by atoms with E-state index in [1.807, 2.05) is 30.3 Å². The van der Waals surface area contributed by atoms with Gasteiger partial charge in [0.2, 0.25) is 11.8 Å². The molecular weight excluding hydrogens is 284 g/mol. The van der Waals surface area contributed by atoms with Crippen LogP contribution in [0.3, 0.4) is 0 Å². The second-order valence-electron chi connectivity index (χ2n) is 5.59. The van der Waals surface area contributed by atoms with Crippen LogP contribution in [0.1, 0.15) is 31.2 Å². The molecule has 0 saturated carbocycles. The van der Waals surface area contributed by atoms with E-state index in [2.05, 4.69) is 11.1 Å². The zero-order chi connectivity index (χ0) is 15.2. The van der Waals surface area contributed by atoms with Gasteiger partial charge in [0.1, 0.15) is 0 Å². The minimum absolute atomic E-state index is 0.124. The zero-order valence-corrected chi connectivity index (χ0v) is 13.9. The van der Waals surface area contributed by atoms with E-state index >= 15 is 0 Å². The SMILES string of the molecule is COc1ccc(C2CCN(C(=O)C(C)CSC)CC2)cn1. The fraction of sp³-hybridized carbons (Fsp3) is 0.625. The van der Waals surface area contributed by atoms with Gasteiger partial charge < -0.3 is 9.64 Å². The molecule has 5 heteroatoms. The first-order chi connectivity index (χ1) is 10.2. The average molecular weight is 308 g/mol. The molecule has 1 aliphatic heterocycles. The van der Waals surface area contributed by atoms with Crippen LogP contribution in [-0.2, 0) is 4.79 Å². The van der Waals surface area contributed by atoms with Crippen LogP contribution in [0.15, 0.2) is 18.3 Å². The van der Waals surface area contributed by atoms with Crippen molar-refractivity contribution in [3.05, 3.63) is 23.9 Å². The molecule has 0 bridgehead atoms. The van der Waals surface area contributed by atoms with Gasteiger partial charge in [0.15, 0.2) is 0 Å². The van der Waals surface area contributed by atoms with Gasteiger partial charge in [0, 0.05) is 37.0 Å². The number of methoxy groups -OCH3 is 1. The normalized spacial score (nSPS) is 17.6. The van der Waals surface area contributed by atoms with Gasteiger partial charge in [-0.05, 0) is 30.6 Å². The molecule has 0 N–H and O–H groups in total. The standard InChI is InChI=1S/C16H24N2O2S/c1-12(11-21-3)16(19)18-8-6-13(7-9-18)14-4-5-15(20-2)17-10-14/h4-5,10,12-13H,6-9,11H2,1-3H3. The van der Waals surface area contributed by atoms with Crippen molar-refractivity contribution in [2.24, 2.45) is 5.92 Å². The molecule has 21 heavy (non-hydrogen) atoms. The maximum absolute atomic E-state index is 12.3. The van der Waals surface area contributed by atoms with Gasteiger partial charge >= 0.3 is 0 Å². The number of ether oxygens (including phenoxy) is 1. The van der Waals surface area contributed by atoms with E-state index in [4.69, 9.17) is 4.74 Å². The third-order valence-corrected chi connectivity index (χ3v) is 4.92. The number of carbonyl (C=O) groups excluding carboxylic acids is 1. The fourth-order valence-electron chi connectivity index (χ4n) is 2.82. The third kappa shape index (κ3) is 4.13. The number of carbonyl (C=O) groups is 1. The molecule has 1 aromatic rings. The molecular formula is C16H24N2O2S. The molecule has 0 aromatic carbocycles. The van der Waals surface area contributed by atoms with Crippen molar-refractivity contribution in [1.82, 2.24) is 9.88 Å². The topological polar surface area (TPSA) is 42.4 Å². The van der Waals surface area contributed by atoms with Crippen molar-refractivity contribution >= 4 is 17.7 Å². The number of hydrogen-bond donors (Lipinski definition) is 0. The zero-order valence-electron chi connectivity index (χ0n) is 13.0. The Morgan fingerprint density at radius 2 is 2.19 bits per heavy atom. The Hall–Kier alpha value is -1.23. The van der Waals surface area contributed by atoms with Crippen LogP contribution in [0, 0.1) is 5.92 Å². The first-order valence-electron chi connectivity index (χ1n) is 7.43. The summed E-state index contributed by atoms with van der Waals surface area (Å²) in [5, 5.41) is 0. The quantitative estimate of drug-likeness (QED) is 0.839. The first-order valence-corrected chi connectivity index (χ1v) is 8.82. The number of nitrogens with zero attached hydrogens (tertiary/aromatic N) is 2. The summed E-state index contributed by atoms with van der Waals surface area (Å²) in [7, 11) is 1.63. The summed E-state index contributed by atoms with van der Waals surface area (Å²) in [6, 6.07) is 4.00. The Morgan fingerprint density at radius 3 is 2.71 bits per heavy atom. The Labute approximate surface area is 131 Å². The lowest BCUT2D eigenvalue weighted by Gasteiger charge is -2.33. The summed E-state index contributed by atoms with van der Waals surface area (Å²) in [6.45, 7) is 3.74. The lowest BCUT2D eigenvalue weighted by molar-refractivity contribution is -0.135. The molecule has 4 nitrogen and oxygen atoms in total. The van der Waals surface area contributed by atoms with Gasteiger partial charge in [-0.25, -0.2) is 4.98 Å². The number of likely N-dealkylation sites (tertiary alicyclic amines) is 1. The second-order valence-corrected chi connectivity index (χ2v) is 6.50. The number of thioether (sulfide) groups is 1. The molecule has 1 saturated heterocycles. The molecule has 116 valence electrons. The van der Waals surface area contributed by atoms with Crippen LogP contribution in [0.2, 0.25) is 0 Å². The molecule has 1 atom stereocenters. The molecule has 1 unspecified atom stereocenters. The van der Waals surface area contributed by atoms with E-state index in [9.17, 15) is 4.79 Å². The third-order valence-electron chi connectivity index (χ3n) is 4.08. The minimum Gasteiger partial charge on any atom is -0.481 e. The number of pyridine rings is 1. The van der Waals surface area contributed by atoms with E-state index in [-0.39, 0.29) is 5.92 Å². The summed E-state index contributed by atoms with van der Waals surface area (Å²) in [6.07, 6.45) is 5.99. The Balaban J connectivity index is 1.89. The van der Waals surface area contributed by atoms with Crippen molar-refractivity contribution in [3.8, 4) is 5.88 Å². The number of aromatic nitrogens is 1. The van der Waals surface area contributed by atoms with E-state index in [1.165, 1.54) is 5.56 Å². The summed E-state index contributed by atoms with van der Waals surface area (Å²) >= 11 is 1.74. The van der Waals surface area contributed by atoms with E-state index < -0.39 is 0 Å². The van der Waals surface area contributed by atoms with Crippen molar-refractivity contribution in [3.63, 3.8) is 0 Å². The lowest BCUT2D eigenvalue weighted by Crippen LogP contribution is -2.41. The average Bonchev–Trinajstić information content (AvgIpc) is 2.54. The van der Waals surface area contributed by atoms with Crippen LogP contribution in [-0.4, -0.2) is 48.0 Å². The molecule has 0 aliphatic carbocycles. The van der Waals surface area contributed by atoms with Crippen LogP contribution >= 0.6 is 11.8 Å². The molecule has 0 radical (unpaired) electrons. The largest absolute Gasteiger partial charge is 0.481 e. The lowest BCUT2D eigenvalue weighted by atomic mass is 9.90. The van der Waals surface area contributed by atoms with Gasteiger partial charge in [-0.3, -0.25) is 4.79 Å². The molecule has 1 fully saturated rings. The van der Waals surface area contributed by atoms with E-state index in [0.717, 1.165) is 31.7 Å². The molecule has 1 aromatic heterocycles. The summed E-state index contributed by atoms with van der Waals surface area (Å²) < 4.78 is 5.09. The summed E-state index contributed by atoms with van der Waals surface area (Å²) in [5.74, 6) is 2.48. The first kappa shape index (κ1) is 16.1. The van der Waals surface area contributed by atoms with Crippen LogP contribution in [0.4, 0.5) is 0 Å². The highest BCUT2D eigenvalue weighted by molar-refractivity contribution is 7.98. The maximum atomic E-state index is 12.3. The van der Waals surface area contributed by atoms with Gasteiger partial charge in [0.25, 0.3) is 0 Å². The van der Waals surface area contributed by atoms with Gasteiger partial charge in [-0.15, -0.1) is 0 Å². The monoisotopic (exact) mass is 308 g/mol. The van der Waals surface area contributed by atoms with Crippen LogP contribution in [0.25, 0.3) is 0 Å². The molecule has 0 spiro atoms. The maximum Gasteiger partial charge on any atom is 0.226 e. The Bertz CT molecular complexity index is 456. The second kappa shape index (κ2) is 7.69. The summed E-state index contributed by atoms with van der Waals surface area (Å²) in [5.41, 5.74) is 1.25. The van der Waals surface area contributed by atoms with E-state index in [1.54, 1.807) is 18.9 Å². The van der Waals surface area contributed by atoms with Crippen molar-refractivity contribution in [2.75, 3.05) is 32.2 Å². The highest BCUT2D eigenvalue weighted by atomic mass is 32.2. The van der Waals surface area contributed by atoms with Gasteiger partial charge in [-0.1, -0.05) is 13.0 Å². The van der Waals surface area contributed by atoms with Crippen LogP contribution in [0.5, 0.6) is 5.88 Å². The molecule has 2 heterocycles. The molecule has 1 amide bonds. The minimum atomic E-state index is 0.124. The Morgan fingerprint density at radius 1 is 1.48 bits per heavy atom. The highest BCUT2D eigenvalue weighted by Crippen LogP contribution is 2.29. The van der Waals surface area contributed by atoms with Crippen LogP contribution < -0.4 is 4.74 Å². The number of rotatable bonds is 5. The highest BCUT2D eigenvalue weighted by Gasteiger charge is 2.26. The Kier molecular flexibility index (Phi) is 5.91. The molecule has 1 aliphatic rings. The van der Waals surface area contributed by atoms with Crippen molar-refractivity contribution in [1.29, 1.82) is 0 Å². The number of amides is 1. The predicted molar refractivity (Wildman–Crippen MR) is 86.9 cm³/mol. The summed E-state index contributed by atoms with van der Waals surface area (Å²) in [4.78, 5) is 18.6. The number of piperidine rings is 1. The van der Waals surface area contributed by atoms with Gasteiger partial charge in [0.05, 0.1) is 7.11 Å². The van der Waals surface area contributed by atoms with Crippen molar-refractivity contribution < 1.29 is 9.53 Å². The molecule has 2 rings (SSSR count). The van der Waals surface area contributed by atoms with Crippen molar-refractivity contribution in [2.45, 2.75) is 25.7 Å². The predicted octanol–water partition coefficient (Wildman–Crippen LogP) is 2.80. The number of hydrogen-bond acceptors (Lipinski definition) is 4. The van der Waals surface area contributed by atoms with Gasteiger partial charge in [-0.2, -0.15) is 11.8 Å². The smallest absolute Gasteiger partial charge is 0.226 e. The van der Waals surface area contributed by atoms with E-state index in [0.29, 0.717) is 17.7 Å².